The van der Waals surface area contributed by atoms with Gasteiger partial charge in [0.15, 0.2) is 0 Å². The van der Waals surface area contributed by atoms with E-state index < -0.39 is 0 Å². The van der Waals surface area contributed by atoms with Crippen LogP contribution in [0, 0.1) is 6.92 Å². The molecule has 0 spiro atoms. The van der Waals surface area contributed by atoms with Crippen LogP contribution in [-0.2, 0) is 12.8 Å². The van der Waals surface area contributed by atoms with Crippen LogP contribution in [0.4, 0.5) is 0 Å². The van der Waals surface area contributed by atoms with Gasteiger partial charge in [-0.15, -0.1) is 0 Å². The molecule has 0 atom stereocenters. The van der Waals surface area contributed by atoms with E-state index >= 15 is 0 Å². The van der Waals surface area contributed by atoms with E-state index in [0.29, 0.717) is 0 Å². The molecule has 0 saturated carbocycles. The Labute approximate surface area is 91.9 Å². The van der Waals surface area contributed by atoms with Crippen LogP contribution in [0.3, 0.4) is 0 Å². The Hall–Kier alpha value is -1.30. The average molecular weight is 198 g/mol. The van der Waals surface area contributed by atoms with Gasteiger partial charge in [-0.1, -0.05) is 44.2 Å². The first-order chi connectivity index (χ1) is 7.24. The summed E-state index contributed by atoms with van der Waals surface area (Å²) in [6, 6.07) is 11.4. The zero-order valence-electron chi connectivity index (χ0n) is 9.80. The molecule has 2 rings (SSSR count). The molecule has 0 bridgehead atoms. The first kappa shape index (κ1) is 10.2. The third-order valence-corrected chi connectivity index (χ3v) is 3.15. The van der Waals surface area contributed by atoms with Crippen molar-refractivity contribution in [2.45, 2.75) is 33.6 Å². The van der Waals surface area contributed by atoms with Crippen molar-refractivity contribution in [2.24, 2.45) is 0 Å². The number of hydrogen-bond donors (Lipinski definition) is 0. The predicted octanol–water partition coefficient (Wildman–Crippen LogP) is 4.27. The summed E-state index contributed by atoms with van der Waals surface area (Å²) >= 11 is 0. The Morgan fingerprint density at radius 3 is 2.33 bits per heavy atom. The van der Waals surface area contributed by atoms with Crippen molar-refractivity contribution in [2.75, 3.05) is 0 Å². The zero-order chi connectivity index (χ0) is 10.8. The third kappa shape index (κ3) is 1.90. The quantitative estimate of drug-likeness (QED) is 0.676. The van der Waals surface area contributed by atoms with Crippen molar-refractivity contribution in [3.05, 3.63) is 47.0 Å². The molecule has 0 nitrogen and oxygen atoms in total. The topological polar surface area (TPSA) is 0 Å². The van der Waals surface area contributed by atoms with Gasteiger partial charge in [-0.3, -0.25) is 0 Å². The highest BCUT2D eigenvalue weighted by Gasteiger charge is 2.00. The maximum Gasteiger partial charge on any atom is -0.0178 e. The van der Waals surface area contributed by atoms with Gasteiger partial charge in [-0.05, 0) is 47.2 Å². The third-order valence-electron chi connectivity index (χ3n) is 3.15. The largest absolute Gasteiger partial charge is 0.0613 e. The van der Waals surface area contributed by atoms with Gasteiger partial charge < -0.3 is 0 Å². The lowest BCUT2D eigenvalue weighted by Gasteiger charge is -2.07. The summed E-state index contributed by atoms with van der Waals surface area (Å²) in [6.07, 6.45) is 2.24. The van der Waals surface area contributed by atoms with E-state index in [2.05, 4.69) is 51.1 Å². The number of hydrogen-bond acceptors (Lipinski definition) is 0. The Morgan fingerprint density at radius 2 is 1.67 bits per heavy atom. The number of fused-ring (bicyclic) bond motifs is 1. The SMILES string of the molecule is CCc1ccc2cc(C)c(CC)cc2c1. The molecule has 0 amide bonds. The standard InChI is InChI=1S/C15H18/c1-4-12-6-7-14-8-11(3)13(5-2)10-15(14)9-12/h6-10H,4-5H2,1-3H3. The molecule has 0 radical (unpaired) electrons. The van der Waals surface area contributed by atoms with Gasteiger partial charge >= 0.3 is 0 Å². The Morgan fingerprint density at radius 1 is 0.867 bits per heavy atom. The molecule has 0 aliphatic heterocycles. The second-order valence-electron chi connectivity index (χ2n) is 4.17. The summed E-state index contributed by atoms with van der Waals surface area (Å²) in [4.78, 5) is 0. The lowest BCUT2D eigenvalue weighted by Crippen LogP contribution is -1.88. The van der Waals surface area contributed by atoms with E-state index in [4.69, 9.17) is 0 Å². The maximum atomic E-state index is 2.34. The maximum absolute atomic E-state index is 2.34. The molecule has 2 aromatic rings. The molecule has 0 aromatic heterocycles. The van der Waals surface area contributed by atoms with E-state index in [1.54, 1.807) is 0 Å². The summed E-state index contributed by atoms with van der Waals surface area (Å²) in [5, 5.41) is 2.75. The first-order valence-electron chi connectivity index (χ1n) is 5.76. The highest BCUT2D eigenvalue weighted by molar-refractivity contribution is 5.84. The molecule has 78 valence electrons. The van der Waals surface area contributed by atoms with Gasteiger partial charge in [0.05, 0.1) is 0 Å². The molecule has 0 N–H and O–H groups in total. The summed E-state index contributed by atoms with van der Waals surface area (Å²) in [6.45, 7) is 6.62. The fourth-order valence-corrected chi connectivity index (χ4v) is 2.11. The van der Waals surface area contributed by atoms with Crippen molar-refractivity contribution < 1.29 is 0 Å². The monoisotopic (exact) mass is 198 g/mol. The van der Waals surface area contributed by atoms with E-state index in [1.807, 2.05) is 0 Å². The van der Waals surface area contributed by atoms with Crippen LogP contribution >= 0.6 is 0 Å². The van der Waals surface area contributed by atoms with Crippen molar-refractivity contribution in [1.29, 1.82) is 0 Å². The van der Waals surface area contributed by atoms with Gasteiger partial charge in [0.1, 0.15) is 0 Å². The van der Waals surface area contributed by atoms with Gasteiger partial charge in [-0.25, -0.2) is 0 Å². The second-order valence-corrected chi connectivity index (χ2v) is 4.17. The van der Waals surface area contributed by atoms with Crippen molar-refractivity contribution >= 4 is 10.8 Å². The predicted molar refractivity (Wildman–Crippen MR) is 67.4 cm³/mol. The lowest BCUT2D eigenvalue weighted by atomic mass is 9.98. The minimum absolute atomic E-state index is 1.12. The molecule has 0 unspecified atom stereocenters. The molecule has 0 fully saturated rings. The summed E-state index contributed by atoms with van der Waals surface area (Å²) in [5.41, 5.74) is 4.30. The highest BCUT2D eigenvalue weighted by atomic mass is 14.1. The molecule has 0 heteroatoms. The zero-order valence-corrected chi connectivity index (χ0v) is 9.80. The van der Waals surface area contributed by atoms with Crippen LogP contribution in [0.2, 0.25) is 0 Å². The molecular formula is C15H18. The van der Waals surface area contributed by atoms with Crippen LogP contribution < -0.4 is 0 Å². The second kappa shape index (κ2) is 4.06. The Balaban J connectivity index is 2.66. The van der Waals surface area contributed by atoms with E-state index in [0.717, 1.165) is 12.8 Å². The van der Waals surface area contributed by atoms with Crippen molar-refractivity contribution in [3.63, 3.8) is 0 Å². The van der Waals surface area contributed by atoms with Gasteiger partial charge in [0, 0.05) is 0 Å². The molecule has 0 aliphatic rings. The minimum Gasteiger partial charge on any atom is -0.0613 e. The summed E-state index contributed by atoms with van der Waals surface area (Å²) in [5.74, 6) is 0. The van der Waals surface area contributed by atoms with Crippen LogP contribution in [0.25, 0.3) is 10.8 Å². The molecule has 0 heterocycles. The van der Waals surface area contributed by atoms with Crippen LogP contribution in [-0.4, -0.2) is 0 Å². The normalized spacial score (nSPS) is 10.9. The van der Waals surface area contributed by atoms with Crippen LogP contribution in [0.15, 0.2) is 30.3 Å². The number of aryl methyl sites for hydroxylation is 3. The van der Waals surface area contributed by atoms with Crippen molar-refractivity contribution in [1.82, 2.24) is 0 Å². The minimum atomic E-state index is 1.12. The molecular weight excluding hydrogens is 180 g/mol. The van der Waals surface area contributed by atoms with Gasteiger partial charge in [0.2, 0.25) is 0 Å². The van der Waals surface area contributed by atoms with Crippen LogP contribution in [0.5, 0.6) is 0 Å². The fraction of sp³-hybridized carbons (Fsp3) is 0.333. The Bertz CT molecular complexity index is 481. The van der Waals surface area contributed by atoms with Crippen LogP contribution in [0.1, 0.15) is 30.5 Å². The van der Waals surface area contributed by atoms with E-state index in [1.165, 1.54) is 27.5 Å². The molecule has 0 aliphatic carbocycles. The first-order valence-corrected chi connectivity index (χ1v) is 5.76. The molecule has 15 heavy (non-hydrogen) atoms. The van der Waals surface area contributed by atoms with E-state index in [-0.39, 0.29) is 0 Å². The summed E-state index contributed by atoms with van der Waals surface area (Å²) in [7, 11) is 0. The Kier molecular flexibility index (Phi) is 2.77. The smallest absolute Gasteiger partial charge is 0.0178 e. The van der Waals surface area contributed by atoms with Gasteiger partial charge in [-0.2, -0.15) is 0 Å². The highest BCUT2D eigenvalue weighted by Crippen LogP contribution is 2.21. The fourth-order valence-electron chi connectivity index (χ4n) is 2.11. The van der Waals surface area contributed by atoms with Crippen molar-refractivity contribution in [3.8, 4) is 0 Å². The van der Waals surface area contributed by atoms with Gasteiger partial charge in [0.25, 0.3) is 0 Å². The number of benzene rings is 2. The molecule has 2 aromatic carbocycles. The summed E-state index contributed by atoms with van der Waals surface area (Å²) < 4.78 is 0. The molecule has 0 saturated heterocycles. The lowest BCUT2D eigenvalue weighted by molar-refractivity contribution is 1.11. The number of rotatable bonds is 2. The van der Waals surface area contributed by atoms with E-state index in [9.17, 15) is 0 Å². The average Bonchev–Trinajstić information content (AvgIpc) is 2.27.